The first kappa shape index (κ1) is 9.35. The first-order valence-electron chi connectivity index (χ1n) is 4.95. The van der Waals surface area contributed by atoms with Crippen LogP contribution in [0.15, 0.2) is 30.5 Å². The molecule has 0 aliphatic heterocycles. The molecule has 80 valence electrons. The number of hydrogen-bond acceptors (Lipinski definition) is 4. The third-order valence-corrected chi connectivity index (χ3v) is 3.30. The van der Waals surface area contributed by atoms with Crippen LogP contribution in [-0.4, -0.2) is 15.2 Å². The molecule has 2 N–H and O–H groups in total. The second kappa shape index (κ2) is 3.61. The number of para-hydroxylation sites is 1. The first-order valence-corrected chi connectivity index (χ1v) is 5.77. The van der Waals surface area contributed by atoms with Crippen LogP contribution in [0.5, 0.6) is 0 Å². The molecule has 3 aromatic rings. The largest absolute Gasteiger partial charge is 0.331 e. The topological polar surface area (TPSA) is 53.6 Å². The van der Waals surface area contributed by atoms with Crippen LogP contribution in [0.2, 0.25) is 0 Å². The third kappa shape index (κ3) is 1.55. The van der Waals surface area contributed by atoms with Crippen molar-refractivity contribution in [1.29, 1.82) is 0 Å². The molecule has 0 saturated heterocycles. The number of fused-ring (bicyclic) bond motifs is 1. The van der Waals surface area contributed by atoms with Gasteiger partial charge >= 0.3 is 0 Å². The lowest BCUT2D eigenvalue weighted by Crippen LogP contribution is -1.91. The van der Waals surface area contributed by atoms with Gasteiger partial charge in [-0.2, -0.15) is 5.10 Å². The van der Waals surface area contributed by atoms with Crippen molar-refractivity contribution in [1.82, 2.24) is 15.2 Å². The molecule has 1 aromatic carbocycles. The van der Waals surface area contributed by atoms with Gasteiger partial charge in [-0.3, -0.25) is 5.10 Å². The lowest BCUT2D eigenvalue weighted by molar-refractivity contribution is 1.10. The van der Waals surface area contributed by atoms with Crippen molar-refractivity contribution in [3.8, 4) is 0 Å². The molecule has 0 aliphatic carbocycles. The van der Waals surface area contributed by atoms with Gasteiger partial charge in [-0.05, 0) is 18.6 Å². The Balaban J connectivity index is 1.95. The van der Waals surface area contributed by atoms with Crippen molar-refractivity contribution >= 4 is 32.5 Å². The average Bonchev–Trinajstić information content (AvgIpc) is 2.81. The van der Waals surface area contributed by atoms with E-state index in [4.69, 9.17) is 0 Å². The number of benzene rings is 1. The Morgan fingerprint density at radius 2 is 2.19 bits per heavy atom. The van der Waals surface area contributed by atoms with Crippen LogP contribution < -0.4 is 5.32 Å². The molecule has 5 heteroatoms. The molecule has 0 spiro atoms. The number of nitrogens with one attached hydrogen (secondary N) is 2. The number of anilines is 2. The highest BCUT2D eigenvalue weighted by Gasteiger charge is 2.05. The Hall–Kier alpha value is -1.88. The summed E-state index contributed by atoms with van der Waals surface area (Å²) in [7, 11) is 0. The lowest BCUT2D eigenvalue weighted by Gasteiger charge is -2.04. The van der Waals surface area contributed by atoms with Crippen LogP contribution >= 0.6 is 11.3 Å². The molecule has 0 unspecified atom stereocenters. The fourth-order valence-electron chi connectivity index (χ4n) is 1.53. The number of aryl methyl sites for hydroxylation is 1. The van der Waals surface area contributed by atoms with Crippen LogP contribution in [0, 0.1) is 6.92 Å². The van der Waals surface area contributed by atoms with E-state index < -0.39 is 0 Å². The molecule has 0 fully saturated rings. The highest BCUT2D eigenvalue weighted by molar-refractivity contribution is 7.22. The summed E-state index contributed by atoms with van der Waals surface area (Å²) in [5.41, 5.74) is 3.13. The molecule has 0 bridgehead atoms. The van der Waals surface area contributed by atoms with E-state index in [2.05, 4.69) is 33.5 Å². The number of nitrogens with zero attached hydrogens (tertiary/aromatic N) is 2. The van der Waals surface area contributed by atoms with Gasteiger partial charge in [-0.1, -0.05) is 29.5 Å². The predicted molar refractivity (Wildman–Crippen MR) is 66.2 cm³/mol. The van der Waals surface area contributed by atoms with Crippen molar-refractivity contribution < 1.29 is 0 Å². The predicted octanol–water partition coefficient (Wildman–Crippen LogP) is 3.07. The van der Waals surface area contributed by atoms with E-state index >= 15 is 0 Å². The van der Waals surface area contributed by atoms with Crippen LogP contribution in [0.3, 0.4) is 0 Å². The van der Waals surface area contributed by atoms with Crippen molar-refractivity contribution in [2.75, 3.05) is 5.32 Å². The molecule has 0 radical (unpaired) electrons. The number of aromatic nitrogens is 3. The second-order valence-electron chi connectivity index (χ2n) is 3.54. The van der Waals surface area contributed by atoms with E-state index in [0.29, 0.717) is 0 Å². The molecule has 2 aromatic heterocycles. The summed E-state index contributed by atoms with van der Waals surface area (Å²) >= 11 is 1.59. The summed E-state index contributed by atoms with van der Waals surface area (Å²) in [4.78, 5) is 4.40. The van der Waals surface area contributed by atoms with E-state index in [0.717, 1.165) is 21.2 Å². The third-order valence-electron chi connectivity index (χ3n) is 2.39. The van der Waals surface area contributed by atoms with Crippen LogP contribution in [0.1, 0.15) is 5.56 Å². The minimum absolute atomic E-state index is 0.834. The molecule has 2 heterocycles. The molecule has 16 heavy (non-hydrogen) atoms. The standard InChI is InChI=1S/C11H10N4S/c1-7-4-2-3-5-8(7)13-11-14-10-9(16-11)6-12-15-10/h2-6H,1H3,(H2,12,13,14,15). The summed E-state index contributed by atoms with van der Waals surface area (Å²) < 4.78 is 1.07. The zero-order valence-electron chi connectivity index (χ0n) is 8.69. The van der Waals surface area contributed by atoms with Crippen LogP contribution in [0.25, 0.3) is 10.3 Å². The molecule has 0 atom stereocenters. The number of hydrogen-bond donors (Lipinski definition) is 2. The molecular weight excluding hydrogens is 220 g/mol. The minimum atomic E-state index is 0.834. The van der Waals surface area contributed by atoms with Crippen LogP contribution in [-0.2, 0) is 0 Å². The summed E-state index contributed by atoms with van der Waals surface area (Å²) in [6.07, 6.45) is 1.79. The fraction of sp³-hybridized carbons (Fsp3) is 0.0909. The molecule has 3 rings (SSSR count). The quantitative estimate of drug-likeness (QED) is 0.711. The van der Waals surface area contributed by atoms with Gasteiger partial charge in [0.2, 0.25) is 0 Å². The smallest absolute Gasteiger partial charge is 0.189 e. The Morgan fingerprint density at radius 3 is 3.00 bits per heavy atom. The van der Waals surface area contributed by atoms with Gasteiger partial charge in [0.25, 0.3) is 0 Å². The summed E-state index contributed by atoms with van der Waals surface area (Å²) in [6, 6.07) is 8.15. The number of aromatic amines is 1. The Kier molecular flexibility index (Phi) is 2.11. The van der Waals surface area contributed by atoms with E-state index in [-0.39, 0.29) is 0 Å². The fourth-order valence-corrected chi connectivity index (χ4v) is 2.33. The Labute approximate surface area is 96.3 Å². The number of H-pyrrole nitrogens is 1. The van der Waals surface area contributed by atoms with Crippen molar-refractivity contribution in [2.24, 2.45) is 0 Å². The van der Waals surface area contributed by atoms with Gasteiger partial charge in [-0.25, -0.2) is 4.98 Å². The van der Waals surface area contributed by atoms with Gasteiger partial charge in [0.05, 0.1) is 10.9 Å². The zero-order valence-corrected chi connectivity index (χ0v) is 9.51. The lowest BCUT2D eigenvalue weighted by atomic mass is 10.2. The molecule has 0 aliphatic rings. The van der Waals surface area contributed by atoms with Crippen molar-refractivity contribution in [3.05, 3.63) is 36.0 Å². The molecule has 0 saturated carbocycles. The number of thiazole rings is 1. The highest BCUT2D eigenvalue weighted by atomic mass is 32.1. The van der Waals surface area contributed by atoms with Gasteiger partial charge < -0.3 is 5.32 Å². The Morgan fingerprint density at radius 1 is 1.31 bits per heavy atom. The van der Waals surface area contributed by atoms with E-state index in [1.807, 2.05) is 18.2 Å². The molecule has 4 nitrogen and oxygen atoms in total. The summed E-state index contributed by atoms with van der Waals surface area (Å²) in [6.45, 7) is 2.07. The maximum Gasteiger partial charge on any atom is 0.189 e. The SMILES string of the molecule is Cc1ccccc1Nc1nc2[nH]ncc2s1. The van der Waals surface area contributed by atoms with Crippen molar-refractivity contribution in [3.63, 3.8) is 0 Å². The second-order valence-corrected chi connectivity index (χ2v) is 4.57. The highest BCUT2D eigenvalue weighted by Crippen LogP contribution is 2.27. The summed E-state index contributed by atoms with van der Waals surface area (Å²) in [5.74, 6) is 0. The molecule has 0 amide bonds. The van der Waals surface area contributed by atoms with Gasteiger partial charge in [-0.15, -0.1) is 0 Å². The Bertz CT molecular complexity index is 597. The molecular formula is C11H10N4S. The zero-order chi connectivity index (χ0) is 11.0. The first-order chi connectivity index (χ1) is 7.83. The average molecular weight is 230 g/mol. The normalized spacial score (nSPS) is 10.8. The van der Waals surface area contributed by atoms with Gasteiger partial charge in [0, 0.05) is 5.69 Å². The summed E-state index contributed by atoms with van der Waals surface area (Å²) in [5, 5.41) is 11.0. The van der Waals surface area contributed by atoms with E-state index in [1.165, 1.54) is 5.56 Å². The number of rotatable bonds is 2. The van der Waals surface area contributed by atoms with E-state index in [1.54, 1.807) is 17.5 Å². The van der Waals surface area contributed by atoms with Crippen LogP contribution in [0.4, 0.5) is 10.8 Å². The van der Waals surface area contributed by atoms with E-state index in [9.17, 15) is 0 Å². The van der Waals surface area contributed by atoms with Gasteiger partial charge in [0.15, 0.2) is 10.8 Å². The van der Waals surface area contributed by atoms with Crippen molar-refractivity contribution in [2.45, 2.75) is 6.92 Å². The maximum absolute atomic E-state index is 4.40. The monoisotopic (exact) mass is 230 g/mol. The minimum Gasteiger partial charge on any atom is -0.331 e. The maximum atomic E-state index is 4.40. The van der Waals surface area contributed by atoms with Gasteiger partial charge in [0.1, 0.15) is 0 Å².